The number of likely N-dealkylation sites (N-methyl/N-ethyl adjacent to an activating group) is 1. The summed E-state index contributed by atoms with van der Waals surface area (Å²) < 4.78 is 6.51. The average molecular weight is 441 g/mol. The second-order valence-electron chi connectivity index (χ2n) is 7.03. The number of carbonyl (C=O) groups excluding carboxylic acids is 1. The number of hydrogen-bond donors (Lipinski definition) is 0. The molecule has 0 unspecified atom stereocenters. The molecule has 162 valence electrons. The Hall–Kier alpha value is -3.30. The van der Waals surface area contributed by atoms with Crippen molar-refractivity contribution in [3.05, 3.63) is 64.2 Å². The fourth-order valence-electron chi connectivity index (χ4n) is 2.83. The molecule has 0 bridgehead atoms. The van der Waals surface area contributed by atoms with Gasteiger partial charge >= 0.3 is 0 Å². The van der Waals surface area contributed by atoms with E-state index in [9.17, 15) is 14.9 Å². The van der Waals surface area contributed by atoms with E-state index in [2.05, 4.69) is 4.98 Å². The van der Waals surface area contributed by atoms with E-state index in [1.54, 1.807) is 23.1 Å². The molecule has 0 fully saturated rings. The maximum Gasteiger partial charge on any atom is 0.269 e. The van der Waals surface area contributed by atoms with E-state index < -0.39 is 4.92 Å². The third-order valence-corrected chi connectivity index (χ3v) is 5.49. The summed E-state index contributed by atoms with van der Waals surface area (Å²) in [6, 6.07) is 11.7. The number of aromatic nitrogens is 1. The van der Waals surface area contributed by atoms with Gasteiger partial charge in [0.1, 0.15) is 5.75 Å². The first-order valence-corrected chi connectivity index (χ1v) is 10.6. The lowest BCUT2D eigenvalue weighted by atomic mass is 10.2. The van der Waals surface area contributed by atoms with Gasteiger partial charge in [-0.15, -0.1) is 0 Å². The minimum absolute atomic E-state index is 0.0111. The summed E-state index contributed by atoms with van der Waals surface area (Å²) in [6.45, 7) is 3.67. The molecule has 0 atom stereocenters. The molecule has 0 saturated carbocycles. The van der Waals surface area contributed by atoms with Gasteiger partial charge in [0.15, 0.2) is 5.13 Å². The van der Waals surface area contributed by atoms with Crippen LogP contribution in [-0.4, -0.2) is 54.5 Å². The van der Waals surface area contributed by atoms with Gasteiger partial charge in [0.2, 0.25) is 0 Å². The van der Waals surface area contributed by atoms with E-state index in [1.807, 2.05) is 44.1 Å². The number of rotatable bonds is 9. The van der Waals surface area contributed by atoms with Crippen LogP contribution in [0.2, 0.25) is 0 Å². The maximum atomic E-state index is 13.0. The van der Waals surface area contributed by atoms with Crippen LogP contribution in [0.5, 0.6) is 5.75 Å². The lowest BCUT2D eigenvalue weighted by molar-refractivity contribution is -0.384. The second-order valence-corrected chi connectivity index (χ2v) is 8.04. The first kappa shape index (κ1) is 22.4. The van der Waals surface area contributed by atoms with Crippen molar-refractivity contribution in [3.8, 4) is 5.75 Å². The van der Waals surface area contributed by atoms with Crippen LogP contribution in [0, 0.1) is 10.1 Å². The molecule has 0 aliphatic rings. The highest BCUT2D eigenvalue weighted by Gasteiger charge is 2.18. The third kappa shape index (κ3) is 5.87. The van der Waals surface area contributed by atoms with Gasteiger partial charge in [-0.25, -0.2) is 4.98 Å². The van der Waals surface area contributed by atoms with Crippen molar-refractivity contribution in [2.75, 3.05) is 38.7 Å². The summed E-state index contributed by atoms with van der Waals surface area (Å²) >= 11 is 1.44. The molecule has 8 nitrogen and oxygen atoms in total. The van der Waals surface area contributed by atoms with Crippen molar-refractivity contribution in [3.63, 3.8) is 0 Å². The van der Waals surface area contributed by atoms with E-state index in [0.717, 1.165) is 16.0 Å². The van der Waals surface area contributed by atoms with E-state index in [4.69, 9.17) is 4.74 Å². The monoisotopic (exact) mass is 440 g/mol. The van der Waals surface area contributed by atoms with Gasteiger partial charge in [0.05, 0.1) is 21.7 Å². The Labute approximate surface area is 184 Å². The molecule has 1 amide bonds. The number of non-ortho nitro benzene ring substituents is 1. The van der Waals surface area contributed by atoms with Crippen molar-refractivity contribution in [2.45, 2.75) is 6.92 Å². The zero-order valence-corrected chi connectivity index (χ0v) is 18.5. The summed E-state index contributed by atoms with van der Waals surface area (Å²) in [6.07, 6.45) is 3.11. The van der Waals surface area contributed by atoms with Crippen LogP contribution in [0.4, 0.5) is 10.8 Å². The fraction of sp³-hybridized carbons (Fsp3) is 0.273. The lowest BCUT2D eigenvalue weighted by Gasteiger charge is -2.20. The van der Waals surface area contributed by atoms with Gasteiger partial charge in [-0.3, -0.25) is 19.8 Å². The summed E-state index contributed by atoms with van der Waals surface area (Å²) in [7, 11) is 3.89. The maximum absolute atomic E-state index is 13.0. The van der Waals surface area contributed by atoms with Crippen LogP contribution in [0.3, 0.4) is 0 Å². The molecule has 1 aromatic heterocycles. The Morgan fingerprint density at radius 3 is 2.58 bits per heavy atom. The molecule has 0 N–H and O–H groups in total. The summed E-state index contributed by atoms with van der Waals surface area (Å²) in [5.41, 5.74) is 1.53. The standard InChI is InChI=1S/C22H24N4O4S/c1-4-30-18-10-11-19-20(15-18)31-22(23-19)25(14-13-24(2)3)21(27)12-7-16-5-8-17(9-6-16)26(28)29/h5-12,15H,4,13-14H2,1-3H3/b12-7-. The molecule has 0 spiro atoms. The molecule has 31 heavy (non-hydrogen) atoms. The van der Waals surface area contributed by atoms with Gasteiger partial charge < -0.3 is 9.64 Å². The number of amides is 1. The van der Waals surface area contributed by atoms with Gasteiger partial charge in [-0.05, 0) is 63.0 Å². The first-order valence-electron chi connectivity index (χ1n) is 9.79. The third-order valence-electron chi connectivity index (χ3n) is 4.45. The van der Waals surface area contributed by atoms with Crippen molar-refractivity contribution < 1.29 is 14.5 Å². The molecule has 0 aliphatic carbocycles. The van der Waals surface area contributed by atoms with Gasteiger partial charge in [0.25, 0.3) is 11.6 Å². The SMILES string of the molecule is CCOc1ccc2nc(N(CCN(C)C)C(=O)/C=C\c3ccc([N+](=O)[O-])cc3)sc2c1. The van der Waals surface area contributed by atoms with Crippen LogP contribution >= 0.6 is 11.3 Å². The highest BCUT2D eigenvalue weighted by Crippen LogP contribution is 2.31. The van der Waals surface area contributed by atoms with Crippen molar-refractivity contribution in [2.24, 2.45) is 0 Å². The van der Waals surface area contributed by atoms with E-state index in [-0.39, 0.29) is 11.6 Å². The Bertz CT molecular complexity index is 1090. The molecular weight excluding hydrogens is 416 g/mol. The minimum atomic E-state index is -0.453. The number of anilines is 1. The molecule has 3 aromatic rings. The van der Waals surface area contributed by atoms with Crippen molar-refractivity contribution >= 4 is 44.4 Å². The number of thiazole rings is 1. The van der Waals surface area contributed by atoms with Crippen LogP contribution in [-0.2, 0) is 4.79 Å². The Kier molecular flexibility index (Phi) is 7.32. The Balaban J connectivity index is 1.84. The first-order chi connectivity index (χ1) is 14.9. The highest BCUT2D eigenvalue weighted by atomic mass is 32.1. The molecule has 0 saturated heterocycles. The van der Waals surface area contributed by atoms with Gasteiger partial charge in [0, 0.05) is 31.3 Å². The molecule has 2 aromatic carbocycles. The van der Waals surface area contributed by atoms with Crippen LogP contribution < -0.4 is 9.64 Å². The Morgan fingerprint density at radius 1 is 1.19 bits per heavy atom. The van der Waals surface area contributed by atoms with Gasteiger partial charge in [-0.2, -0.15) is 0 Å². The molecule has 1 heterocycles. The molecule has 3 rings (SSSR count). The number of benzene rings is 2. The fourth-order valence-corrected chi connectivity index (χ4v) is 3.85. The number of nitro groups is 1. The van der Waals surface area contributed by atoms with Crippen LogP contribution in [0.15, 0.2) is 48.5 Å². The van der Waals surface area contributed by atoms with E-state index >= 15 is 0 Å². The highest BCUT2D eigenvalue weighted by molar-refractivity contribution is 7.22. The van der Waals surface area contributed by atoms with E-state index in [0.29, 0.717) is 30.4 Å². The number of ether oxygens (including phenoxy) is 1. The zero-order chi connectivity index (χ0) is 22.4. The van der Waals surface area contributed by atoms with Crippen LogP contribution in [0.1, 0.15) is 12.5 Å². The van der Waals surface area contributed by atoms with Gasteiger partial charge in [-0.1, -0.05) is 11.3 Å². The van der Waals surface area contributed by atoms with Crippen molar-refractivity contribution in [1.82, 2.24) is 9.88 Å². The minimum Gasteiger partial charge on any atom is -0.494 e. The number of carbonyl (C=O) groups is 1. The number of hydrogen-bond acceptors (Lipinski definition) is 7. The van der Waals surface area contributed by atoms with Crippen molar-refractivity contribution in [1.29, 1.82) is 0 Å². The molecule has 0 radical (unpaired) electrons. The Morgan fingerprint density at radius 2 is 1.94 bits per heavy atom. The zero-order valence-electron chi connectivity index (χ0n) is 17.6. The predicted octanol–water partition coefficient (Wildman–Crippen LogP) is 4.21. The quantitative estimate of drug-likeness (QED) is 0.281. The normalized spacial score (nSPS) is 11.4. The number of fused-ring (bicyclic) bond motifs is 1. The summed E-state index contributed by atoms with van der Waals surface area (Å²) in [5, 5.41) is 11.4. The average Bonchev–Trinajstić information content (AvgIpc) is 3.15. The smallest absolute Gasteiger partial charge is 0.269 e. The molecular formula is C22H24N4O4S. The lowest BCUT2D eigenvalue weighted by Crippen LogP contribution is -2.35. The number of nitro benzene ring substituents is 1. The predicted molar refractivity (Wildman–Crippen MR) is 124 cm³/mol. The largest absolute Gasteiger partial charge is 0.494 e. The summed E-state index contributed by atoms with van der Waals surface area (Å²) in [5.74, 6) is 0.568. The van der Waals surface area contributed by atoms with E-state index in [1.165, 1.54) is 29.5 Å². The second kappa shape index (κ2) is 10.1. The molecule has 9 heteroatoms. The van der Waals surface area contributed by atoms with Crippen LogP contribution in [0.25, 0.3) is 16.3 Å². The molecule has 0 aliphatic heterocycles. The summed E-state index contributed by atoms with van der Waals surface area (Å²) in [4.78, 5) is 31.6. The topological polar surface area (TPSA) is 88.8 Å². The number of nitrogens with zero attached hydrogens (tertiary/aromatic N) is 4.